The summed E-state index contributed by atoms with van der Waals surface area (Å²) in [6, 6.07) is 6.00. The van der Waals surface area contributed by atoms with Crippen molar-refractivity contribution in [3.63, 3.8) is 0 Å². The van der Waals surface area contributed by atoms with E-state index in [4.69, 9.17) is 9.72 Å². The standard InChI is InChI=1S/C22H29N7O2/c1-17-19(15-31-21(17)30)28-13-8-22(9-14-28)6-11-27(12-7-22)10-5-18-3-2-4-20(24-18)29-16-23-25-26-29/h2-4,16H,5-15H2,1H3. The summed E-state index contributed by atoms with van der Waals surface area (Å²) >= 11 is 0. The van der Waals surface area contributed by atoms with Crippen molar-refractivity contribution in [3.05, 3.63) is 41.5 Å². The van der Waals surface area contributed by atoms with Crippen molar-refractivity contribution in [2.75, 3.05) is 39.3 Å². The van der Waals surface area contributed by atoms with E-state index in [1.807, 2.05) is 19.1 Å². The van der Waals surface area contributed by atoms with Gasteiger partial charge in [0.05, 0.1) is 11.3 Å². The van der Waals surface area contributed by atoms with E-state index in [0.717, 1.165) is 61.9 Å². The van der Waals surface area contributed by atoms with Crippen LogP contribution in [0.2, 0.25) is 0 Å². The number of hydrogen-bond acceptors (Lipinski definition) is 8. The van der Waals surface area contributed by atoms with E-state index in [1.54, 1.807) is 11.0 Å². The second-order valence-electron chi connectivity index (χ2n) is 8.97. The van der Waals surface area contributed by atoms with Crippen LogP contribution in [-0.2, 0) is 16.0 Å². The maximum absolute atomic E-state index is 11.7. The molecule has 0 amide bonds. The number of rotatable bonds is 5. The summed E-state index contributed by atoms with van der Waals surface area (Å²) in [7, 11) is 0. The number of cyclic esters (lactones) is 1. The third-order valence-electron chi connectivity index (χ3n) is 7.26. The van der Waals surface area contributed by atoms with Crippen molar-refractivity contribution in [1.29, 1.82) is 0 Å². The molecule has 31 heavy (non-hydrogen) atoms. The van der Waals surface area contributed by atoms with Gasteiger partial charge in [-0.3, -0.25) is 0 Å². The summed E-state index contributed by atoms with van der Waals surface area (Å²) in [4.78, 5) is 21.3. The molecule has 5 rings (SSSR count). The molecule has 1 spiro atoms. The molecule has 0 radical (unpaired) electrons. The topological polar surface area (TPSA) is 89.3 Å². The summed E-state index contributed by atoms with van der Waals surface area (Å²) in [6.45, 7) is 7.75. The van der Waals surface area contributed by atoms with Crippen molar-refractivity contribution >= 4 is 5.97 Å². The van der Waals surface area contributed by atoms with E-state index in [1.165, 1.54) is 25.7 Å². The largest absolute Gasteiger partial charge is 0.456 e. The minimum Gasteiger partial charge on any atom is -0.456 e. The second-order valence-corrected chi connectivity index (χ2v) is 8.97. The SMILES string of the molecule is CC1=C(N2CCC3(CCN(CCc4cccc(-n5cnnn5)n4)CC3)CC2)COC1=O. The molecule has 2 aromatic rings. The Hall–Kier alpha value is -2.81. The van der Waals surface area contributed by atoms with Crippen LogP contribution in [0, 0.1) is 5.41 Å². The van der Waals surface area contributed by atoms with Gasteiger partial charge in [0.15, 0.2) is 5.82 Å². The van der Waals surface area contributed by atoms with Gasteiger partial charge in [0.2, 0.25) is 0 Å². The number of tetrazole rings is 1. The lowest BCUT2D eigenvalue weighted by Crippen LogP contribution is -2.47. The predicted octanol–water partition coefficient (Wildman–Crippen LogP) is 1.61. The van der Waals surface area contributed by atoms with E-state index in [-0.39, 0.29) is 5.97 Å². The molecule has 2 aromatic heterocycles. The van der Waals surface area contributed by atoms with E-state index in [2.05, 4.69) is 31.4 Å². The lowest BCUT2D eigenvalue weighted by atomic mass is 9.71. The number of pyridine rings is 1. The van der Waals surface area contributed by atoms with E-state index in [9.17, 15) is 4.79 Å². The second kappa shape index (κ2) is 8.37. The number of nitrogens with zero attached hydrogens (tertiary/aromatic N) is 7. The minimum atomic E-state index is -0.151. The Morgan fingerprint density at radius 3 is 2.55 bits per heavy atom. The van der Waals surface area contributed by atoms with Crippen LogP contribution in [0.15, 0.2) is 35.8 Å². The molecule has 9 nitrogen and oxygen atoms in total. The number of hydrogen-bond donors (Lipinski definition) is 0. The fourth-order valence-corrected chi connectivity index (χ4v) is 5.07. The quantitative estimate of drug-likeness (QED) is 0.670. The van der Waals surface area contributed by atoms with Gasteiger partial charge < -0.3 is 14.5 Å². The van der Waals surface area contributed by atoms with Crippen LogP contribution >= 0.6 is 0 Å². The summed E-state index contributed by atoms with van der Waals surface area (Å²) < 4.78 is 6.79. The molecule has 0 saturated carbocycles. The first kappa shape index (κ1) is 20.1. The van der Waals surface area contributed by atoms with Gasteiger partial charge in [-0.25, -0.2) is 9.78 Å². The van der Waals surface area contributed by atoms with Crippen LogP contribution in [0.3, 0.4) is 0 Å². The third-order valence-corrected chi connectivity index (χ3v) is 7.26. The normalized spacial score (nSPS) is 21.7. The Morgan fingerprint density at radius 1 is 1.10 bits per heavy atom. The smallest absolute Gasteiger partial charge is 0.335 e. The number of ether oxygens (including phenoxy) is 1. The molecule has 5 heterocycles. The van der Waals surface area contributed by atoms with Crippen LogP contribution < -0.4 is 0 Å². The first-order valence-electron chi connectivity index (χ1n) is 11.2. The molecule has 2 fully saturated rings. The Labute approximate surface area is 182 Å². The first-order chi connectivity index (χ1) is 15.1. The first-order valence-corrected chi connectivity index (χ1v) is 11.2. The maximum Gasteiger partial charge on any atom is 0.335 e. The van der Waals surface area contributed by atoms with E-state index >= 15 is 0 Å². The number of aromatic nitrogens is 5. The zero-order valence-corrected chi connectivity index (χ0v) is 18.0. The summed E-state index contributed by atoms with van der Waals surface area (Å²) in [6.07, 6.45) is 7.43. The van der Waals surface area contributed by atoms with Gasteiger partial charge >= 0.3 is 5.97 Å². The Kier molecular flexibility index (Phi) is 5.43. The molecule has 2 saturated heterocycles. The maximum atomic E-state index is 11.7. The van der Waals surface area contributed by atoms with Crippen molar-refractivity contribution in [2.24, 2.45) is 5.41 Å². The number of esters is 1. The monoisotopic (exact) mass is 423 g/mol. The van der Waals surface area contributed by atoms with Gasteiger partial charge in [0.25, 0.3) is 0 Å². The lowest BCUT2D eigenvalue weighted by Gasteiger charge is -2.47. The number of carbonyl (C=O) groups is 1. The Morgan fingerprint density at radius 2 is 1.87 bits per heavy atom. The van der Waals surface area contributed by atoms with Gasteiger partial charge in [0.1, 0.15) is 12.9 Å². The molecule has 0 N–H and O–H groups in total. The van der Waals surface area contributed by atoms with Crippen molar-refractivity contribution in [3.8, 4) is 5.82 Å². The highest BCUT2D eigenvalue weighted by atomic mass is 16.5. The molecule has 164 valence electrons. The molecular weight excluding hydrogens is 394 g/mol. The summed E-state index contributed by atoms with van der Waals surface area (Å²) in [5, 5.41) is 11.3. The molecule has 0 aromatic carbocycles. The molecule has 0 aliphatic carbocycles. The van der Waals surface area contributed by atoms with E-state index < -0.39 is 0 Å². The lowest BCUT2D eigenvalue weighted by molar-refractivity contribution is -0.136. The number of piperidine rings is 2. The van der Waals surface area contributed by atoms with Gasteiger partial charge in [0, 0.05) is 31.7 Å². The zero-order chi connectivity index (χ0) is 21.3. The molecule has 0 atom stereocenters. The van der Waals surface area contributed by atoms with Crippen molar-refractivity contribution < 1.29 is 9.53 Å². The highest BCUT2D eigenvalue weighted by Crippen LogP contribution is 2.42. The highest BCUT2D eigenvalue weighted by Gasteiger charge is 2.39. The van der Waals surface area contributed by atoms with Crippen LogP contribution in [0.5, 0.6) is 0 Å². The molecular formula is C22H29N7O2. The molecule has 9 heteroatoms. The third kappa shape index (κ3) is 4.19. The Bertz CT molecular complexity index is 954. The molecule has 3 aliphatic heterocycles. The summed E-state index contributed by atoms with van der Waals surface area (Å²) in [5.41, 5.74) is 3.43. The zero-order valence-electron chi connectivity index (χ0n) is 18.0. The highest BCUT2D eigenvalue weighted by molar-refractivity contribution is 5.90. The van der Waals surface area contributed by atoms with Crippen LogP contribution in [0.1, 0.15) is 38.3 Å². The molecule has 3 aliphatic rings. The molecule has 0 unspecified atom stereocenters. The molecule has 0 bridgehead atoms. The average Bonchev–Trinajstić information content (AvgIpc) is 3.46. The fourth-order valence-electron chi connectivity index (χ4n) is 5.07. The Balaban J connectivity index is 1.11. The van der Waals surface area contributed by atoms with Gasteiger partial charge in [-0.15, -0.1) is 5.10 Å². The predicted molar refractivity (Wildman–Crippen MR) is 113 cm³/mol. The van der Waals surface area contributed by atoms with Crippen molar-refractivity contribution in [1.82, 2.24) is 35.0 Å². The average molecular weight is 424 g/mol. The van der Waals surface area contributed by atoms with Crippen LogP contribution in [-0.4, -0.2) is 80.3 Å². The fraction of sp³-hybridized carbons (Fsp3) is 0.591. The van der Waals surface area contributed by atoms with Crippen LogP contribution in [0.4, 0.5) is 0 Å². The minimum absolute atomic E-state index is 0.151. The number of carbonyl (C=O) groups excluding carboxylic acids is 1. The van der Waals surface area contributed by atoms with Crippen LogP contribution in [0.25, 0.3) is 5.82 Å². The van der Waals surface area contributed by atoms with Gasteiger partial charge in [-0.1, -0.05) is 6.07 Å². The number of likely N-dealkylation sites (tertiary alicyclic amines) is 2. The van der Waals surface area contributed by atoms with Gasteiger partial charge in [-0.2, -0.15) is 4.68 Å². The van der Waals surface area contributed by atoms with Crippen molar-refractivity contribution in [2.45, 2.75) is 39.0 Å². The van der Waals surface area contributed by atoms with E-state index in [0.29, 0.717) is 12.0 Å². The van der Waals surface area contributed by atoms with Gasteiger partial charge in [-0.05, 0) is 73.7 Å². The summed E-state index contributed by atoms with van der Waals surface area (Å²) in [5.74, 6) is 0.605.